The van der Waals surface area contributed by atoms with Crippen molar-refractivity contribution in [1.82, 2.24) is 4.98 Å². The molecule has 1 fully saturated rings. The van der Waals surface area contributed by atoms with Crippen molar-refractivity contribution in [3.05, 3.63) is 24.0 Å². The molecule has 1 aliphatic carbocycles. The van der Waals surface area contributed by atoms with E-state index >= 15 is 0 Å². The quantitative estimate of drug-likeness (QED) is 0.597. The van der Waals surface area contributed by atoms with Crippen LogP contribution in [0.1, 0.15) is 50.5 Å². The zero-order chi connectivity index (χ0) is 12.1. The molecule has 2 nitrogen and oxygen atoms in total. The van der Waals surface area contributed by atoms with Crippen LogP contribution in [0, 0.1) is 0 Å². The van der Waals surface area contributed by atoms with Gasteiger partial charge in [0.25, 0.3) is 0 Å². The van der Waals surface area contributed by atoms with Crippen molar-refractivity contribution in [2.75, 3.05) is 6.61 Å². The maximum atomic E-state index is 6.48. The third kappa shape index (κ3) is 3.35. The Bertz CT molecular complexity index is 356. The topological polar surface area (TPSA) is 22.1 Å². The van der Waals surface area contributed by atoms with Gasteiger partial charge in [-0.05, 0) is 31.4 Å². The van der Waals surface area contributed by atoms with Crippen LogP contribution in [0.25, 0.3) is 0 Å². The predicted octanol–water partition coefficient (Wildman–Crippen LogP) is 4.14. The molecule has 0 saturated heterocycles. The van der Waals surface area contributed by atoms with Gasteiger partial charge in [-0.15, -0.1) is 11.6 Å². The van der Waals surface area contributed by atoms with E-state index in [1.807, 2.05) is 13.1 Å². The number of ether oxygens (including phenoxy) is 1. The molecule has 2 unspecified atom stereocenters. The van der Waals surface area contributed by atoms with Gasteiger partial charge in [0.05, 0.1) is 12.8 Å². The first-order valence-electron chi connectivity index (χ1n) is 6.53. The second-order valence-corrected chi connectivity index (χ2v) is 5.21. The summed E-state index contributed by atoms with van der Waals surface area (Å²) >= 11 is 6.48. The van der Waals surface area contributed by atoms with Crippen molar-refractivity contribution in [3.8, 4) is 5.75 Å². The molecule has 1 aliphatic rings. The van der Waals surface area contributed by atoms with Gasteiger partial charge in [-0.3, -0.25) is 4.98 Å². The van der Waals surface area contributed by atoms with Gasteiger partial charge >= 0.3 is 0 Å². The molecule has 0 spiro atoms. The van der Waals surface area contributed by atoms with Gasteiger partial charge in [0.2, 0.25) is 0 Å². The number of alkyl halides is 1. The summed E-state index contributed by atoms with van der Waals surface area (Å²) in [4.78, 5) is 4.26. The van der Waals surface area contributed by atoms with Crippen LogP contribution in [0.5, 0.6) is 5.75 Å². The fraction of sp³-hybridized carbons (Fsp3) is 0.643. The summed E-state index contributed by atoms with van der Waals surface area (Å²) < 4.78 is 5.50. The summed E-state index contributed by atoms with van der Waals surface area (Å²) in [5, 5.41) is 0.246. The molecule has 2 atom stereocenters. The summed E-state index contributed by atoms with van der Waals surface area (Å²) in [7, 11) is 0. The molecule has 1 heterocycles. The third-order valence-corrected chi connectivity index (χ3v) is 3.93. The Kier molecular flexibility index (Phi) is 4.66. The fourth-order valence-electron chi connectivity index (χ4n) is 2.52. The third-order valence-electron chi connectivity index (χ3n) is 3.41. The van der Waals surface area contributed by atoms with E-state index in [9.17, 15) is 0 Å². The SMILES string of the molecule is CCOc1cncc(C2CCCCCC2Cl)c1. The van der Waals surface area contributed by atoms with Crippen molar-refractivity contribution >= 4 is 11.6 Å². The number of nitrogens with zero attached hydrogens (tertiary/aromatic N) is 1. The summed E-state index contributed by atoms with van der Waals surface area (Å²) in [5.41, 5.74) is 1.23. The number of hydrogen-bond acceptors (Lipinski definition) is 2. The molecule has 17 heavy (non-hydrogen) atoms. The average Bonchev–Trinajstić information content (AvgIpc) is 2.55. The molecule has 1 saturated carbocycles. The van der Waals surface area contributed by atoms with Crippen LogP contribution in [0.2, 0.25) is 0 Å². The minimum absolute atomic E-state index is 0.246. The molecule has 0 bridgehead atoms. The van der Waals surface area contributed by atoms with Crippen LogP contribution >= 0.6 is 11.6 Å². The zero-order valence-electron chi connectivity index (χ0n) is 10.4. The van der Waals surface area contributed by atoms with Crippen molar-refractivity contribution in [1.29, 1.82) is 0 Å². The Labute approximate surface area is 108 Å². The number of pyridine rings is 1. The Morgan fingerprint density at radius 2 is 2.12 bits per heavy atom. The normalized spacial score (nSPS) is 25.3. The molecule has 0 aliphatic heterocycles. The maximum Gasteiger partial charge on any atom is 0.137 e. The standard InChI is InChI=1S/C14H20ClNO/c1-2-17-12-8-11(9-16-10-12)13-6-4-3-5-7-14(13)15/h8-10,13-14H,2-7H2,1H3. The Morgan fingerprint density at radius 3 is 2.94 bits per heavy atom. The lowest BCUT2D eigenvalue weighted by molar-refractivity contribution is 0.338. The van der Waals surface area contributed by atoms with Gasteiger partial charge in [-0.25, -0.2) is 0 Å². The average molecular weight is 254 g/mol. The van der Waals surface area contributed by atoms with Crippen LogP contribution < -0.4 is 4.74 Å². The molecule has 2 rings (SSSR count). The summed E-state index contributed by atoms with van der Waals surface area (Å²) in [6.45, 7) is 2.67. The summed E-state index contributed by atoms with van der Waals surface area (Å²) in [6, 6.07) is 2.10. The smallest absolute Gasteiger partial charge is 0.137 e. The Morgan fingerprint density at radius 1 is 1.29 bits per heavy atom. The van der Waals surface area contributed by atoms with Crippen molar-refractivity contribution in [3.63, 3.8) is 0 Å². The number of halogens is 1. The summed E-state index contributed by atoms with van der Waals surface area (Å²) in [6.07, 6.45) is 9.83. The molecule has 3 heteroatoms. The van der Waals surface area contributed by atoms with E-state index in [2.05, 4.69) is 11.1 Å². The first kappa shape index (κ1) is 12.7. The van der Waals surface area contributed by atoms with Gasteiger partial charge < -0.3 is 4.74 Å². The van der Waals surface area contributed by atoms with Crippen LogP contribution in [0.4, 0.5) is 0 Å². The molecule has 0 aromatic carbocycles. The highest BCUT2D eigenvalue weighted by molar-refractivity contribution is 6.21. The second-order valence-electron chi connectivity index (χ2n) is 4.65. The van der Waals surface area contributed by atoms with Crippen LogP contribution in [0.15, 0.2) is 18.5 Å². The van der Waals surface area contributed by atoms with Crippen molar-refractivity contribution in [2.24, 2.45) is 0 Å². The van der Waals surface area contributed by atoms with Crippen molar-refractivity contribution < 1.29 is 4.74 Å². The lowest BCUT2D eigenvalue weighted by atomic mass is 9.92. The van der Waals surface area contributed by atoms with Crippen LogP contribution in [0.3, 0.4) is 0 Å². The second kappa shape index (κ2) is 6.25. The monoisotopic (exact) mass is 253 g/mol. The molecule has 1 aromatic rings. The van der Waals surface area contributed by atoms with E-state index in [-0.39, 0.29) is 5.38 Å². The van der Waals surface area contributed by atoms with Crippen LogP contribution in [-0.2, 0) is 0 Å². The maximum absolute atomic E-state index is 6.48. The molecule has 0 radical (unpaired) electrons. The van der Waals surface area contributed by atoms with E-state index in [4.69, 9.17) is 16.3 Å². The zero-order valence-corrected chi connectivity index (χ0v) is 11.1. The van der Waals surface area contributed by atoms with E-state index in [1.165, 1.54) is 31.2 Å². The molecule has 0 N–H and O–H groups in total. The van der Waals surface area contributed by atoms with Gasteiger partial charge in [0, 0.05) is 17.5 Å². The van der Waals surface area contributed by atoms with Gasteiger partial charge in [0.1, 0.15) is 5.75 Å². The Balaban J connectivity index is 2.16. The molecule has 94 valence electrons. The largest absolute Gasteiger partial charge is 0.492 e. The molecular formula is C14H20ClNO. The van der Waals surface area contributed by atoms with Gasteiger partial charge in [0.15, 0.2) is 0 Å². The highest BCUT2D eigenvalue weighted by atomic mass is 35.5. The van der Waals surface area contributed by atoms with E-state index in [0.717, 1.165) is 12.2 Å². The highest BCUT2D eigenvalue weighted by Gasteiger charge is 2.23. The van der Waals surface area contributed by atoms with Crippen molar-refractivity contribution in [2.45, 2.75) is 50.3 Å². The van der Waals surface area contributed by atoms with Gasteiger partial charge in [-0.2, -0.15) is 0 Å². The lowest BCUT2D eigenvalue weighted by Gasteiger charge is -2.20. The number of hydrogen-bond donors (Lipinski definition) is 0. The summed E-state index contributed by atoms with van der Waals surface area (Å²) in [5.74, 6) is 1.30. The molecule has 0 amide bonds. The van der Waals surface area contributed by atoms with E-state index in [1.54, 1.807) is 6.20 Å². The van der Waals surface area contributed by atoms with Gasteiger partial charge in [-0.1, -0.05) is 19.3 Å². The van der Waals surface area contributed by atoms with E-state index in [0.29, 0.717) is 12.5 Å². The fourth-order valence-corrected chi connectivity index (χ4v) is 2.95. The number of aromatic nitrogens is 1. The highest BCUT2D eigenvalue weighted by Crippen LogP contribution is 2.35. The van der Waals surface area contributed by atoms with Crippen LogP contribution in [-0.4, -0.2) is 17.0 Å². The lowest BCUT2D eigenvalue weighted by Crippen LogP contribution is -2.11. The molecular weight excluding hydrogens is 234 g/mol. The minimum Gasteiger partial charge on any atom is -0.492 e. The number of rotatable bonds is 3. The minimum atomic E-state index is 0.246. The predicted molar refractivity (Wildman–Crippen MR) is 70.9 cm³/mol. The first-order valence-corrected chi connectivity index (χ1v) is 6.96. The van der Waals surface area contributed by atoms with E-state index < -0.39 is 0 Å². The first-order chi connectivity index (χ1) is 8.31. The molecule has 1 aromatic heterocycles. The Hall–Kier alpha value is -0.760.